The second-order valence-corrected chi connectivity index (χ2v) is 9.57. The van der Waals surface area contributed by atoms with E-state index < -0.39 is 35.3 Å². The summed E-state index contributed by atoms with van der Waals surface area (Å²) in [7, 11) is 1.24. The van der Waals surface area contributed by atoms with Gasteiger partial charge in [-0.2, -0.15) is 13.2 Å². The average molecular weight is 557 g/mol. The first-order valence-electron chi connectivity index (χ1n) is 11.6. The fourth-order valence-electron chi connectivity index (χ4n) is 3.61. The first-order chi connectivity index (χ1) is 18.5. The monoisotopic (exact) mass is 556 g/mol. The number of halogens is 3. The number of carbonyl (C=O) groups is 3. The Morgan fingerprint density at radius 1 is 1.03 bits per heavy atom. The summed E-state index contributed by atoms with van der Waals surface area (Å²) in [6, 6.07) is 17.5. The minimum atomic E-state index is -4.63. The van der Waals surface area contributed by atoms with E-state index in [1.165, 1.54) is 13.2 Å². The second-order valence-electron chi connectivity index (χ2n) is 8.57. The minimum absolute atomic E-state index is 0.00308. The zero-order valence-electron chi connectivity index (χ0n) is 20.9. The molecule has 7 nitrogen and oxygen atoms in total. The molecule has 3 aromatic carbocycles. The number of amides is 3. The Kier molecular flexibility index (Phi) is 8.29. The highest BCUT2D eigenvalue weighted by atomic mass is 32.2. The van der Waals surface area contributed by atoms with Crippen molar-refractivity contribution in [2.75, 3.05) is 19.0 Å². The number of alkyl halides is 3. The summed E-state index contributed by atoms with van der Waals surface area (Å²) in [6.45, 7) is 1.73. The molecular weight excluding hydrogens is 533 g/mol. The van der Waals surface area contributed by atoms with Crippen LogP contribution >= 0.6 is 11.8 Å². The standard InChI is InChI=1S/C28H23F3N2O5S/c1-17-3-5-19(6-4-17)16-38-21-10-7-18(8-11-21)13-24-26(35)33(27(36)39-24)15-25(34)32-22-14-20(28(29,30)31)9-12-23(22)37-2/h3-14H,15-16H2,1-2H3,(H,32,34)/b24-13-. The van der Waals surface area contributed by atoms with E-state index in [1.54, 1.807) is 24.3 Å². The first kappa shape index (κ1) is 27.8. The third-order valence-corrected chi connectivity index (χ3v) is 6.59. The summed E-state index contributed by atoms with van der Waals surface area (Å²) in [5.41, 5.74) is 1.60. The van der Waals surface area contributed by atoms with Gasteiger partial charge in [0.1, 0.15) is 24.7 Å². The van der Waals surface area contributed by atoms with E-state index in [0.29, 0.717) is 29.7 Å². The van der Waals surface area contributed by atoms with E-state index in [4.69, 9.17) is 9.47 Å². The van der Waals surface area contributed by atoms with Crippen LogP contribution in [0.2, 0.25) is 0 Å². The highest BCUT2D eigenvalue weighted by molar-refractivity contribution is 8.18. The van der Waals surface area contributed by atoms with Crippen molar-refractivity contribution in [3.8, 4) is 11.5 Å². The number of thioether (sulfide) groups is 1. The molecule has 1 fully saturated rings. The molecular formula is C28H23F3N2O5S. The number of carbonyl (C=O) groups excluding carboxylic acids is 3. The summed E-state index contributed by atoms with van der Waals surface area (Å²) in [5.74, 6) is -0.915. The number of methoxy groups -OCH3 is 1. The molecule has 39 heavy (non-hydrogen) atoms. The van der Waals surface area contributed by atoms with Crippen molar-refractivity contribution in [2.24, 2.45) is 0 Å². The van der Waals surface area contributed by atoms with Gasteiger partial charge in [0.15, 0.2) is 0 Å². The highest BCUT2D eigenvalue weighted by Crippen LogP contribution is 2.36. The Bertz CT molecular complexity index is 1420. The first-order valence-corrected chi connectivity index (χ1v) is 12.4. The van der Waals surface area contributed by atoms with E-state index in [-0.39, 0.29) is 16.3 Å². The van der Waals surface area contributed by atoms with Gasteiger partial charge in [-0.05, 0) is 66.2 Å². The van der Waals surface area contributed by atoms with E-state index in [2.05, 4.69) is 5.32 Å². The van der Waals surface area contributed by atoms with Crippen LogP contribution in [-0.2, 0) is 22.4 Å². The Labute approximate surface area is 226 Å². The van der Waals surface area contributed by atoms with Crippen LogP contribution in [0.3, 0.4) is 0 Å². The zero-order valence-corrected chi connectivity index (χ0v) is 21.7. The van der Waals surface area contributed by atoms with Gasteiger partial charge >= 0.3 is 6.18 Å². The van der Waals surface area contributed by atoms with Crippen molar-refractivity contribution in [3.63, 3.8) is 0 Å². The molecule has 0 radical (unpaired) electrons. The number of benzene rings is 3. The Morgan fingerprint density at radius 2 is 1.72 bits per heavy atom. The molecule has 1 aliphatic heterocycles. The van der Waals surface area contributed by atoms with Crippen LogP contribution in [0.25, 0.3) is 6.08 Å². The number of imide groups is 1. The number of rotatable bonds is 8. The quantitative estimate of drug-likeness (QED) is 0.329. The molecule has 11 heteroatoms. The SMILES string of the molecule is COc1ccc(C(F)(F)F)cc1NC(=O)CN1C(=O)S/C(=C\c2ccc(OCc3ccc(C)cc3)cc2)C1=O. The molecule has 0 spiro atoms. The highest BCUT2D eigenvalue weighted by Gasteiger charge is 2.37. The molecule has 0 aliphatic carbocycles. The van der Waals surface area contributed by atoms with Gasteiger partial charge < -0.3 is 14.8 Å². The molecule has 0 saturated carbocycles. The average Bonchev–Trinajstić information content (AvgIpc) is 3.15. The molecule has 1 heterocycles. The Hall–Kier alpha value is -4.25. The lowest BCUT2D eigenvalue weighted by atomic mass is 10.1. The molecule has 202 valence electrons. The van der Waals surface area contributed by atoms with Crippen LogP contribution in [0.1, 0.15) is 22.3 Å². The number of nitrogens with zero attached hydrogens (tertiary/aromatic N) is 1. The van der Waals surface area contributed by atoms with Crippen LogP contribution in [0.4, 0.5) is 23.7 Å². The lowest BCUT2D eigenvalue weighted by Gasteiger charge is -2.16. The zero-order chi connectivity index (χ0) is 28.2. The molecule has 3 amide bonds. The Balaban J connectivity index is 1.38. The molecule has 0 atom stereocenters. The molecule has 3 aromatic rings. The number of nitrogens with one attached hydrogen (secondary N) is 1. The summed E-state index contributed by atoms with van der Waals surface area (Å²) < 4.78 is 50.0. The van der Waals surface area contributed by atoms with Crippen molar-refractivity contribution in [2.45, 2.75) is 19.7 Å². The van der Waals surface area contributed by atoms with Crippen LogP contribution in [-0.4, -0.2) is 35.6 Å². The van der Waals surface area contributed by atoms with Crippen molar-refractivity contribution in [1.29, 1.82) is 0 Å². The van der Waals surface area contributed by atoms with Crippen LogP contribution in [0.5, 0.6) is 11.5 Å². The van der Waals surface area contributed by atoms with Crippen molar-refractivity contribution >= 4 is 40.6 Å². The maximum atomic E-state index is 13.1. The number of hydrogen-bond acceptors (Lipinski definition) is 6. The topological polar surface area (TPSA) is 84.9 Å². The molecule has 0 aromatic heterocycles. The van der Waals surface area contributed by atoms with E-state index in [1.807, 2.05) is 31.2 Å². The van der Waals surface area contributed by atoms with Crippen molar-refractivity contribution < 1.29 is 37.0 Å². The third kappa shape index (κ3) is 6.99. The summed E-state index contributed by atoms with van der Waals surface area (Å²) in [4.78, 5) is 38.6. The summed E-state index contributed by atoms with van der Waals surface area (Å²) in [6.07, 6.45) is -3.11. The molecule has 1 N–H and O–H groups in total. The van der Waals surface area contributed by atoms with Gasteiger partial charge in [0.2, 0.25) is 5.91 Å². The van der Waals surface area contributed by atoms with Gasteiger partial charge in [0.05, 0.1) is 23.3 Å². The van der Waals surface area contributed by atoms with Gasteiger partial charge in [-0.3, -0.25) is 19.3 Å². The fourth-order valence-corrected chi connectivity index (χ4v) is 4.45. The number of hydrogen-bond donors (Lipinski definition) is 1. The minimum Gasteiger partial charge on any atom is -0.495 e. The van der Waals surface area contributed by atoms with Crippen LogP contribution < -0.4 is 14.8 Å². The maximum absolute atomic E-state index is 13.1. The van der Waals surface area contributed by atoms with Crippen LogP contribution in [0, 0.1) is 6.92 Å². The van der Waals surface area contributed by atoms with Gasteiger partial charge in [-0.15, -0.1) is 0 Å². The maximum Gasteiger partial charge on any atom is 0.416 e. The third-order valence-electron chi connectivity index (χ3n) is 5.68. The second kappa shape index (κ2) is 11.6. The predicted octanol–water partition coefficient (Wildman–Crippen LogP) is 6.28. The molecule has 4 rings (SSSR count). The van der Waals surface area contributed by atoms with Crippen molar-refractivity contribution in [3.05, 3.63) is 93.9 Å². The lowest BCUT2D eigenvalue weighted by molar-refractivity contribution is -0.137. The van der Waals surface area contributed by atoms with E-state index in [0.717, 1.165) is 34.2 Å². The van der Waals surface area contributed by atoms with E-state index >= 15 is 0 Å². The molecule has 1 aliphatic rings. The molecule has 1 saturated heterocycles. The van der Waals surface area contributed by atoms with E-state index in [9.17, 15) is 27.6 Å². The summed E-state index contributed by atoms with van der Waals surface area (Å²) in [5, 5.41) is 1.62. The number of anilines is 1. The number of ether oxygens (including phenoxy) is 2. The van der Waals surface area contributed by atoms with Gasteiger partial charge in [-0.1, -0.05) is 42.0 Å². The summed E-state index contributed by atoms with van der Waals surface area (Å²) >= 11 is 0.665. The Morgan fingerprint density at radius 3 is 2.36 bits per heavy atom. The van der Waals surface area contributed by atoms with Crippen molar-refractivity contribution in [1.82, 2.24) is 4.90 Å². The smallest absolute Gasteiger partial charge is 0.416 e. The van der Waals surface area contributed by atoms with Gasteiger partial charge in [0.25, 0.3) is 11.1 Å². The lowest BCUT2D eigenvalue weighted by Crippen LogP contribution is -2.36. The largest absolute Gasteiger partial charge is 0.495 e. The van der Waals surface area contributed by atoms with Gasteiger partial charge in [-0.25, -0.2) is 0 Å². The molecule has 0 bridgehead atoms. The van der Waals surface area contributed by atoms with Crippen LogP contribution in [0.15, 0.2) is 71.6 Å². The number of aryl methyl sites for hydroxylation is 1. The molecule has 0 unspecified atom stereocenters. The fraction of sp³-hybridized carbons (Fsp3) is 0.179. The normalized spacial score (nSPS) is 14.6. The predicted molar refractivity (Wildman–Crippen MR) is 141 cm³/mol. The van der Waals surface area contributed by atoms with Gasteiger partial charge in [0, 0.05) is 0 Å².